The van der Waals surface area contributed by atoms with Crippen LogP contribution in [0.15, 0.2) is 11.6 Å². The van der Waals surface area contributed by atoms with Gasteiger partial charge in [-0.1, -0.05) is 0 Å². The van der Waals surface area contributed by atoms with E-state index in [1.165, 1.54) is 11.3 Å². The Morgan fingerprint density at radius 3 is 3.38 bits per heavy atom. The lowest BCUT2D eigenvalue weighted by molar-refractivity contribution is -0.105. The molecule has 0 radical (unpaired) electrons. The summed E-state index contributed by atoms with van der Waals surface area (Å²) in [6, 6.07) is 0. The van der Waals surface area contributed by atoms with Crippen molar-refractivity contribution in [3.05, 3.63) is 11.6 Å². The van der Waals surface area contributed by atoms with E-state index in [1.807, 2.05) is 0 Å². The molecule has 1 heterocycles. The summed E-state index contributed by atoms with van der Waals surface area (Å²) in [4.78, 5) is 13.5. The van der Waals surface area contributed by atoms with Gasteiger partial charge in [0.25, 0.3) is 0 Å². The Morgan fingerprint density at radius 1 is 2.00 bits per heavy atom. The molecule has 0 aliphatic carbocycles. The van der Waals surface area contributed by atoms with E-state index in [-0.39, 0.29) is 1.43 Å². The van der Waals surface area contributed by atoms with Crippen LogP contribution in [0.5, 0.6) is 0 Å². The lowest BCUT2D eigenvalue weighted by atomic mass is 11.0. The second-order valence-corrected chi connectivity index (χ2v) is 1.99. The number of hydrogen-bond acceptors (Lipinski definition) is 3. The maximum Gasteiger partial charge on any atom is 0.213 e. The molecule has 0 atom stereocenters. The number of nitrogens with zero attached hydrogens (tertiary/aromatic N) is 1. The summed E-state index contributed by atoms with van der Waals surface area (Å²) in [6.45, 7) is 0. The minimum absolute atomic E-state index is 0. The third-order valence-electron chi connectivity index (χ3n) is 0.615. The van der Waals surface area contributed by atoms with Gasteiger partial charge in [0, 0.05) is 13.0 Å². The van der Waals surface area contributed by atoms with Crippen molar-refractivity contribution in [3.8, 4) is 0 Å². The molecule has 0 unspecified atom stereocenters. The summed E-state index contributed by atoms with van der Waals surface area (Å²) in [6.07, 6.45) is 2.25. The molecule has 1 aromatic heterocycles. The monoisotopic (exact) mass is 130 g/mol. The first-order valence-electron chi connectivity index (χ1n) is 2.03. The Hall–Kier alpha value is -0.900. The summed E-state index contributed by atoms with van der Waals surface area (Å²) in [5, 5.41) is 4.85. The minimum Gasteiger partial charge on any atom is -0.305 e. The molecular formula is C4H6N2OS. The van der Waals surface area contributed by atoms with E-state index in [2.05, 4.69) is 10.3 Å². The van der Waals surface area contributed by atoms with Gasteiger partial charge >= 0.3 is 0 Å². The number of carbonyl (C=O) groups is 1. The van der Waals surface area contributed by atoms with Gasteiger partial charge in [-0.25, -0.2) is 4.98 Å². The number of carbonyl (C=O) groups excluding carboxylic acids is 1. The van der Waals surface area contributed by atoms with Crippen molar-refractivity contribution in [1.29, 1.82) is 0 Å². The molecule has 0 saturated carbocycles. The fourth-order valence-corrected chi connectivity index (χ4v) is 0.834. The Bertz CT molecular complexity index is 165. The van der Waals surface area contributed by atoms with Gasteiger partial charge in [0.15, 0.2) is 5.13 Å². The Labute approximate surface area is 51.9 Å². The highest BCUT2D eigenvalue weighted by molar-refractivity contribution is 7.13. The summed E-state index contributed by atoms with van der Waals surface area (Å²) in [5.74, 6) is 0. The number of aromatic nitrogens is 1. The Morgan fingerprint density at radius 2 is 2.88 bits per heavy atom. The van der Waals surface area contributed by atoms with Crippen LogP contribution < -0.4 is 5.32 Å². The third kappa shape index (κ3) is 1.04. The summed E-state index contributed by atoms with van der Waals surface area (Å²) >= 11 is 1.39. The molecule has 0 spiro atoms. The van der Waals surface area contributed by atoms with E-state index in [9.17, 15) is 4.79 Å². The highest BCUT2D eigenvalue weighted by Crippen LogP contribution is 2.07. The fraction of sp³-hybridized carbons (Fsp3) is 0. The van der Waals surface area contributed by atoms with Crippen molar-refractivity contribution >= 4 is 22.9 Å². The highest BCUT2D eigenvalue weighted by Gasteiger charge is 1.86. The Balaban J connectivity index is 0.000000640. The molecule has 0 saturated heterocycles. The molecule has 0 aromatic carbocycles. The molecule has 3 nitrogen and oxygen atoms in total. The fourth-order valence-electron chi connectivity index (χ4n) is 0.345. The molecule has 1 amide bonds. The number of hydrogen-bond donors (Lipinski definition) is 1. The number of rotatable bonds is 2. The molecule has 0 fully saturated rings. The summed E-state index contributed by atoms with van der Waals surface area (Å²) < 4.78 is 0. The largest absolute Gasteiger partial charge is 0.305 e. The van der Waals surface area contributed by atoms with Crippen LogP contribution in [0.1, 0.15) is 1.43 Å². The molecular weight excluding hydrogens is 124 g/mol. The third-order valence-corrected chi connectivity index (χ3v) is 1.32. The number of thiazole rings is 1. The van der Waals surface area contributed by atoms with Crippen molar-refractivity contribution < 1.29 is 6.22 Å². The molecule has 1 N–H and O–H groups in total. The SMILES string of the molecule is O=CNc1nccs1.[HH]. The van der Waals surface area contributed by atoms with Crippen LogP contribution in [0.4, 0.5) is 5.13 Å². The Kier molecular flexibility index (Phi) is 1.58. The van der Waals surface area contributed by atoms with E-state index in [4.69, 9.17) is 0 Å². The van der Waals surface area contributed by atoms with Crippen LogP contribution in [-0.2, 0) is 4.79 Å². The number of amides is 1. The highest BCUT2D eigenvalue weighted by atomic mass is 32.1. The van der Waals surface area contributed by atoms with E-state index in [0.29, 0.717) is 11.5 Å². The topological polar surface area (TPSA) is 42.0 Å². The quantitative estimate of drug-likeness (QED) is 0.606. The van der Waals surface area contributed by atoms with Crippen LogP contribution >= 0.6 is 11.3 Å². The van der Waals surface area contributed by atoms with Gasteiger partial charge in [-0.15, -0.1) is 11.3 Å². The van der Waals surface area contributed by atoms with E-state index < -0.39 is 0 Å². The van der Waals surface area contributed by atoms with Crippen molar-refractivity contribution in [2.75, 3.05) is 5.32 Å². The second kappa shape index (κ2) is 2.42. The molecule has 1 rings (SSSR count). The van der Waals surface area contributed by atoms with Crippen LogP contribution in [0.2, 0.25) is 0 Å². The van der Waals surface area contributed by atoms with Gasteiger partial charge in [0.2, 0.25) is 6.41 Å². The predicted molar refractivity (Wildman–Crippen MR) is 33.9 cm³/mol. The summed E-state index contributed by atoms with van der Waals surface area (Å²) in [5.41, 5.74) is 0. The number of anilines is 1. The van der Waals surface area contributed by atoms with Gasteiger partial charge in [0.05, 0.1) is 0 Å². The molecule has 44 valence electrons. The van der Waals surface area contributed by atoms with Crippen molar-refractivity contribution in [3.63, 3.8) is 0 Å². The predicted octanol–water partition coefficient (Wildman–Crippen LogP) is 0.957. The van der Waals surface area contributed by atoms with Crippen molar-refractivity contribution in [2.24, 2.45) is 0 Å². The van der Waals surface area contributed by atoms with Gasteiger partial charge in [0.1, 0.15) is 0 Å². The van der Waals surface area contributed by atoms with Gasteiger partial charge < -0.3 is 5.32 Å². The average molecular weight is 130 g/mol. The van der Waals surface area contributed by atoms with E-state index in [1.54, 1.807) is 11.6 Å². The van der Waals surface area contributed by atoms with E-state index >= 15 is 0 Å². The molecule has 1 aromatic rings. The zero-order valence-electron chi connectivity index (χ0n) is 4.00. The van der Waals surface area contributed by atoms with E-state index in [0.717, 1.165) is 0 Å². The standard InChI is InChI=1S/C4H4N2OS.H2/c7-3-6-4-5-1-2-8-4;/h1-3H,(H,5,6,7);1H. The van der Waals surface area contributed by atoms with Gasteiger partial charge in [-0.05, 0) is 0 Å². The first kappa shape index (κ1) is 5.24. The van der Waals surface area contributed by atoms with Crippen LogP contribution in [0.3, 0.4) is 0 Å². The zero-order chi connectivity index (χ0) is 5.82. The number of nitrogens with one attached hydrogen (secondary N) is 1. The maximum atomic E-state index is 9.73. The van der Waals surface area contributed by atoms with Crippen molar-refractivity contribution in [2.45, 2.75) is 0 Å². The molecule has 8 heavy (non-hydrogen) atoms. The maximum absolute atomic E-state index is 9.73. The van der Waals surface area contributed by atoms with Gasteiger partial charge in [-0.3, -0.25) is 4.79 Å². The van der Waals surface area contributed by atoms with Gasteiger partial charge in [-0.2, -0.15) is 0 Å². The van der Waals surface area contributed by atoms with Crippen LogP contribution in [0, 0.1) is 0 Å². The lowest BCUT2D eigenvalue weighted by Crippen LogP contribution is -1.90. The normalized spacial score (nSPS) is 8.50. The zero-order valence-corrected chi connectivity index (χ0v) is 4.81. The van der Waals surface area contributed by atoms with Crippen molar-refractivity contribution in [1.82, 2.24) is 4.98 Å². The average Bonchev–Trinajstić information content (AvgIpc) is 2.19. The molecule has 0 bridgehead atoms. The second-order valence-electron chi connectivity index (χ2n) is 1.10. The first-order valence-corrected chi connectivity index (χ1v) is 2.91. The smallest absolute Gasteiger partial charge is 0.213 e. The minimum atomic E-state index is 0. The lowest BCUT2D eigenvalue weighted by Gasteiger charge is -1.82. The van der Waals surface area contributed by atoms with Crippen LogP contribution in [0.25, 0.3) is 0 Å². The summed E-state index contributed by atoms with van der Waals surface area (Å²) in [7, 11) is 0. The molecule has 0 aliphatic heterocycles. The first-order chi connectivity index (χ1) is 3.93. The molecule has 4 heteroatoms. The molecule has 0 aliphatic rings. The van der Waals surface area contributed by atoms with Crippen LogP contribution in [-0.4, -0.2) is 11.4 Å².